The van der Waals surface area contributed by atoms with Crippen LogP contribution in [0.2, 0.25) is 0 Å². The number of anilines is 1. The van der Waals surface area contributed by atoms with Gasteiger partial charge in [0.25, 0.3) is 0 Å². The summed E-state index contributed by atoms with van der Waals surface area (Å²) >= 11 is 0. The number of nitrogens with zero attached hydrogens (tertiary/aromatic N) is 1. The normalized spacial score (nSPS) is 9.68. The number of hydrogen-bond acceptors (Lipinski definition) is 4. The molecule has 0 fully saturated rings. The van der Waals surface area contributed by atoms with Crippen molar-refractivity contribution in [2.75, 3.05) is 12.8 Å². The highest BCUT2D eigenvalue weighted by Gasteiger charge is 2.02. The van der Waals surface area contributed by atoms with E-state index in [1.165, 1.54) is 0 Å². The monoisotopic (exact) mass is 254 g/mol. The minimum atomic E-state index is 0.417. The molecule has 0 atom stereocenters. The van der Waals surface area contributed by atoms with Gasteiger partial charge in [-0.1, -0.05) is 6.07 Å². The van der Waals surface area contributed by atoms with Gasteiger partial charge in [-0.3, -0.25) is 0 Å². The van der Waals surface area contributed by atoms with Gasteiger partial charge in [-0.05, 0) is 42.0 Å². The summed E-state index contributed by atoms with van der Waals surface area (Å²) in [5, 5.41) is 8.70. The number of rotatable bonds is 4. The number of hydrogen-bond donors (Lipinski definition) is 1. The van der Waals surface area contributed by atoms with Crippen molar-refractivity contribution in [3.8, 4) is 17.6 Å². The minimum Gasteiger partial charge on any atom is -0.495 e. The SMILES string of the molecule is COc1ccc(COc2ccc(C#N)cc2)cc1N. The second-order valence-electron chi connectivity index (χ2n) is 4.00. The van der Waals surface area contributed by atoms with Gasteiger partial charge < -0.3 is 15.2 Å². The van der Waals surface area contributed by atoms with Crippen LogP contribution in [0.3, 0.4) is 0 Å². The summed E-state index contributed by atoms with van der Waals surface area (Å²) in [6, 6.07) is 14.6. The Bertz CT molecular complexity index is 601. The summed E-state index contributed by atoms with van der Waals surface area (Å²) < 4.78 is 10.7. The van der Waals surface area contributed by atoms with Gasteiger partial charge in [0.1, 0.15) is 18.1 Å². The van der Waals surface area contributed by atoms with Crippen molar-refractivity contribution in [2.45, 2.75) is 6.61 Å². The third-order valence-corrected chi connectivity index (χ3v) is 2.68. The van der Waals surface area contributed by atoms with E-state index < -0.39 is 0 Å². The topological polar surface area (TPSA) is 68.3 Å². The highest BCUT2D eigenvalue weighted by Crippen LogP contribution is 2.22. The number of nitrogen functional groups attached to an aromatic ring is 1. The van der Waals surface area contributed by atoms with Crippen LogP contribution in [-0.2, 0) is 6.61 Å². The van der Waals surface area contributed by atoms with Crippen molar-refractivity contribution >= 4 is 5.69 Å². The van der Waals surface area contributed by atoms with Crippen molar-refractivity contribution in [1.82, 2.24) is 0 Å². The van der Waals surface area contributed by atoms with E-state index in [2.05, 4.69) is 6.07 Å². The number of benzene rings is 2. The van der Waals surface area contributed by atoms with Gasteiger partial charge >= 0.3 is 0 Å². The smallest absolute Gasteiger partial charge is 0.141 e. The molecule has 0 amide bonds. The van der Waals surface area contributed by atoms with Crippen LogP contribution in [0.1, 0.15) is 11.1 Å². The molecule has 0 radical (unpaired) electrons. The Kier molecular flexibility index (Phi) is 3.89. The number of nitrogens with two attached hydrogens (primary N) is 1. The van der Waals surface area contributed by atoms with Crippen molar-refractivity contribution in [2.24, 2.45) is 0 Å². The molecule has 0 saturated heterocycles. The average molecular weight is 254 g/mol. The molecule has 4 nitrogen and oxygen atoms in total. The third kappa shape index (κ3) is 3.17. The van der Waals surface area contributed by atoms with Crippen LogP contribution < -0.4 is 15.2 Å². The summed E-state index contributed by atoms with van der Waals surface area (Å²) in [6.45, 7) is 0.417. The summed E-state index contributed by atoms with van der Waals surface area (Å²) in [6.07, 6.45) is 0. The van der Waals surface area contributed by atoms with Gasteiger partial charge in [-0.2, -0.15) is 5.26 Å². The van der Waals surface area contributed by atoms with E-state index in [4.69, 9.17) is 20.5 Å². The molecule has 0 aliphatic heterocycles. The zero-order valence-corrected chi connectivity index (χ0v) is 10.6. The predicted octanol–water partition coefficient (Wildman–Crippen LogP) is 2.73. The molecule has 2 aromatic carbocycles. The van der Waals surface area contributed by atoms with Crippen LogP contribution in [0.5, 0.6) is 11.5 Å². The zero-order valence-electron chi connectivity index (χ0n) is 10.6. The Labute approximate surface area is 112 Å². The molecule has 0 unspecified atom stereocenters. The zero-order chi connectivity index (χ0) is 13.7. The fourth-order valence-electron chi connectivity index (χ4n) is 1.67. The lowest BCUT2D eigenvalue weighted by Crippen LogP contribution is -1.98. The van der Waals surface area contributed by atoms with Gasteiger partial charge in [0.2, 0.25) is 0 Å². The number of ether oxygens (including phenoxy) is 2. The van der Waals surface area contributed by atoms with Crippen LogP contribution >= 0.6 is 0 Å². The first-order chi connectivity index (χ1) is 9.22. The fraction of sp³-hybridized carbons (Fsp3) is 0.133. The Morgan fingerprint density at radius 3 is 2.47 bits per heavy atom. The Hall–Kier alpha value is -2.67. The molecule has 0 aliphatic carbocycles. The lowest BCUT2D eigenvalue weighted by atomic mass is 10.2. The molecule has 0 bridgehead atoms. The van der Waals surface area contributed by atoms with Gasteiger partial charge in [0, 0.05) is 0 Å². The van der Waals surface area contributed by atoms with E-state index in [9.17, 15) is 0 Å². The molecular formula is C15H14N2O2. The maximum Gasteiger partial charge on any atom is 0.141 e. The maximum absolute atomic E-state index is 8.70. The van der Waals surface area contributed by atoms with Crippen molar-refractivity contribution in [3.63, 3.8) is 0 Å². The summed E-state index contributed by atoms with van der Waals surface area (Å²) in [5.41, 5.74) is 7.98. The van der Waals surface area contributed by atoms with E-state index in [0.717, 1.165) is 5.56 Å². The highest BCUT2D eigenvalue weighted by molar-refractivity contribution is 5.54. The Morgan fingerprint density at radius 2 is 1.89 bits per heavy atom. The van der Waals surface area contributed by atoms with Crippen LogP contribution in [-0.4, -0.2) is 7.11 Å². The summed E-state index contributed by atoms with van der Waals surface area (Å²) in [5.74, 6) is 1.37. The van der Waals surface area contributed by atoms with Crippen LogP contribution in [0.25, 0.3) is 0 Å². The molecule has 19 heavy (non-hydrogen) atoms. The molecule has 2 rings (SSSR count). The van der Waals surface area contributed by atoms with Crippen molar-refractivity contribution in [3.05, 3.63) is 53.6 Å². The molecule has 0 heterocycles. The van der Waals surface area contributed by atoms with Gasteiger partial charge in [0.05, 0.1) is 24.4 Å². The van der Waals surface area contributed by atoms with Crippen LogP contribution in [0, 0.1) is 11.3 Å². The largest absolute Gasteiger partial charge is 0.495 e. The molecule has 0 spiro atoms. The molecule has 0 aliphatic rings. The molecule has 0 saturated carbocycles. The standard InChI is InChI=1S/C15H14N2O2/c1-18-15-7-4-12(8-14(15)17)10-19-13-5-2-11(9-16)3-6-13/h2-8H,10,17H2,1H3. The highest BCUT2D eigenvalue weighted by atomic mass is 16.5. The first-order valence-electron chi connectivity index (χ1n) is 5.78. The molecule has 4 heteroatoms. The van der Waals surface area contributed by atoms with E-state index in [-0.39, 0.29) is 0 Å². The van der Waals surface area contributed by atoms with Crippen LogP contribution in [0.4, 0.5) is 5.69 Å². The Balaban J connectivity index is 2.02. The van der Waals surface area contributed by atoms with Crippen LogP contribution in [0.15, 0.2) is 42.5 Å². The van der Waals surface area contributed by atoms with Crippen molar-refractivity contribution in [1.29, 1.82) is 5.26 Å². The molecule has 0 aromatic heterocycles. The third-order valence-electron chi connectivity index (χ3n) is 2.68. The quantitative estimate of drug-likeness (QED) is 0.852. The van der Waals surface area contributed by atoms with Gasteiger partial charge in [0.15, 0.2) is 0 Å². The predicted molar refractivity (Wildman–Crippen MR) is 72.9 cm³/mol. The molecule has 96 valence electrons. The fourth-order valence-corrected chi connectivity index (χ4v) is 1.67. The lowest BCUT2D eigenvalue weighted by molar-refractivity contribution is 0.306. The summed E-state index contributed by atoms with van der Waals surface area (Å²) in [7, 11) is 1.58. The van der Waals surface area contributed by atoms with E-state index >= 15 is 0 Å². The first-order valence-corrected chi connectivity index (χ1v) is 5.78. The second kappa shape index (κ2) is 5.78. The van der Waals surface area contributed by atoms with E-state index in [1.807, 2.05) is 18.2 Å². The first kappa shape index (κ1) is 12.8. The number of nitriles is 1. The van der Waals surface area contributed by atoms with E-state index in [0.29, 0.717) is 29.4 Å². The maximum atomic E-state index is 8.70. The summed E-state index contributed by atoms with van der Waals surface area (Å²) in [4.78, 5) is 0. The van der Waals surface area contributed by atoms with E-state index in [1.54, 1.807) is 31.4 Å². The second-order valence-corrected chi connectivity index (χ2v) is 4.00. The molecule has 2 aromatic rings. The van der Waals surface area contributed by atoms with Crippen molar-refractivity contribution < 1.29 is 9.47 Å². The molecule has 2 N–H and O–H groups in total. The Morgan fingerprint density at radius 1 is 1.16 bits per heavy atom. The number of methoxy groups -OCH3 is 1. The van der Waals surface area contributed by atoms with Gasteiger partial charge in [-0.25, -0.2) is 0 Å². The minimum absolute atomic E-state index is 0.417. The molecular weight excluding hydrogens is 240 g/mol. The lowest BCUT2D eigenvalue weighted by Gasteiger charge is -2.09. The average Bonchev–Trinajstić information content (AvgIpc) is 2.46. The van der Waals surface area contributed by atoms with Gasteiger partial charge in [-0.15, -0.1) is 0 Å².